The summed E-state index contributed by atoms with van der Waals surface area (Å²) in [6.07, 6.45) is 2.40. The third-order valence-corrected chi connectivity index (χ3v) is 5.39. The average Bonchev–Trinajstić information content (AvgIpc) is 2.97. The zero-order chi connectivity index (χ0) is 17.3. The first-order valence-corrected chi connectivity index (χ1v) is 8.71. The molecule has 0 saturated carbocycles. The number of amides is 1. The van der Waals surface area contributed by atoms with Gasteiger partial charge in [0.1, 0.15) is 0 Å². The molecular formula is C16H21N4O3S+. The van der Waals surface area contributed by atoms with Crippen LogP contribution in [0.5, 0.6) is 11.5 Å². The summed E-state index contributed by atoms with van der Waals surface area (Å²) in [5.41, 5.74) is 2.10. The molecule has 24 heavy (non-hydrogen) atoms. The number of carbonyl (C=O) groups is 1. The number of thioether (sulfide) groups is 1. The maximum atomic E-state index is 12.6. The van der Waals surface area contributed by atoms with E-state index in [9.17, 15) is 9.90 Å². The van der Waals surface area contributed by atoms with Gasteiger partial charge in [0.25, 0.3) is 11.5 Å². The van der Waals surface area contributed by atoms with E-state index in [0.29, 0.717) is 18.0 Å². The van der Waals surface area contributed by atoms with E-state index in [4.69, 9.17) is 4.74 Å². The second kappa shape index (κ2) is 6.72. The number of aromatic nitrogens is 3. The van der Waals surface area contributed by atoms with Crippen LogP contribution in [0, 0.1) is 0 Å². The summed E-state index contributed by atoms with van der Waals surface area (Å²) in [5.74, 6) is 1.02. The number of H-pyrrole nitrogens is 1. The van der Waals surface area contributed by atoms with Crippen LogP contribution < -0.4 is 9.30 Å². The van der Waals surface area contributed by atoms with E-state index < -0.39 is 0 Å². The summed E-state index contributed by atoms with van der Waals surface area (Å²) in [6, 6.07) is 3.52. The molecule has 7 nitrogen and oxygen atoms in total. The van der Waals surface area contributed by atoms with Gasteiger partial charge in [0.05, 0.1) is 26.0 Å². The van der Waals surface area contributed by atoms with E-state index in [0.717, 1.165) is 22.7 Å². The van der Waals surface area contributed by atoms with Gasteiger partial charge in [0.2, 0.25) is 5.91 Å². The first kappa shape index (κ1) is 16.6. The van der Waals surface area contributed by atoms with Crippen molar-refractivity contribution >= 4 is 17.7 Å². The molecule has 0 aliphatic carbocycles. The molecule has 128 valence electrons. The molecule has 0 saturated heterocycles. The zero-order valence-electron chi connectivity index (χ0n) is 13.9. The average molecular weight is 349 g/mol. The van der Waals surface area contributed by atoms with E-state index in [-0.39, 0.29) is 17.7 Å². The number of carbonyl (C=O) groups excluding carboxylic acids is 1. The van der Waals surface area contributed by atoms with Gasteiger partial charge in [-0.3, -0.25) is 4.79 Å². The van der Waals surface area contributed by atoms with E-state index in [1.54, 1.807) is 12.4 Å². The first-order valence-electron chi connectivity index (χ1n) is 7.72. The monoisotopic (exact) mass is 349 g/mol. The predicted molar refractivity (Wildman–Crippen MR) is 89.0 cm³/mol. The number of nitrogens with one attached hydrogen (secondary N) is 1. The summed E-state index contributed by atoms with van der Waals surface area (Å²) < 4.78 is 7.04. The lowest BCUT2D eigenvalue weighted by molar-refractivity contribution is -0.709. The fourth-order valence-electron chi connectivity index (χ4n) is 2.99. The van der Waals surface area contributed by atoms with Gasteiger partial charge in [-0.1, -0.05) is 0 Å². The number of fused-ring (bicyclic) bond motifs is 1. The minimum atomic E-state index is -0.0492. The summed E-state index contributed by atoms with van der Waals surface area (Å²) in [5, 5.41) is 17.6. The Kier molecular flexibility index (Phi) is 4.66. The summed E-state index contributed by atoms with van der Waals surface area (Å²) in [7, 11) is 3.41. The highest BCUT2D eigenvalue weighted by Crippen LogP contribution is 2.37. The lowest BCUT2D eigenvalue weighted by Crippen LogP contribution is -2.40. The van der Waals surface area contributed by atoms with Crippen molar-refractivity contribution in [1.82, 2.24) is 15.1 Å². The maximum absolute atomic E-state index is 12.6. The Morgan fingerprint density at radius 2 is 2.38 bits per heavy atom. The van der Waals surface area contributed by atoms with Crippen molar-refractivity contribution in [2.75, 3.05) is 19.4 Å². The van der Waals surface area contributed by atoms with Crippen molar-refractivity contribution in [1.29, 1.82) is 0 Å². The fourth-order valence-corrected chi connectivity index (χ4v) is 3.78. The molecule has 2 N–H and O–H groups in total. The topological polar surface area (TPSA) is 82.3 Å². The van der Waals surface area contributed by atoms with Crippen molar-refractivity contribution in [3.8, 4) is 11.5 Å². The zero-order valence-corrected chi connectivity index (χ0v) is 14.8. The highest BCUT2D eigenvalue weighted by Gasteiger charge is 2.29. The molecule has 1 aliphatic rings. The Balaban J connectivity index is 1.74. The smallest absolute Gasteiger partial charge is 0.293 e. The van der Waals surface area contributed by atoms with Crippen molar-refractivity contribution in [3.63, 3.8) is 0 Å². The van der Waals surface area contributed by atoms with Gasteiger partial charge in [-0.05, 0) is 48.4 Å². The third kappa shape index (κ3) is 3.06. The van der Waals surface area contributed by atoms with Crippen LogP contribution in [-0.2, 0) is 18.3 Å². The van der Waals surface area contributed by atoms with Gasteiger partial charge in [0.15, 0.2) is 11.5 Å². The molecule has 0 bridgehead atoms. The van der Waals surface area contributed by atoms with Crippen molar-refractivity contribution in [2.24, 2.45) is 7.05 Å². The van der Waals surface area contributed by atoms with Crippen LogP contribution >= 0.6 is 11.8 Å². The van der Waals surface area contributed by atoms with Gasteiger partial charge < -0.3 is 14.7 Å². The second-order valence-electron chi connectivity index (χ2n) is 5.80. The molecule has 1 aromatic carbocycles. The molecule has 0 fully saturated rings. The number of rotatable bonds is 4. The number of phenolic OH excluding ortho intramolecular Hbond substituents is 1. The number of aromatic hydroxyl groups is 1. The highest BCUT2D eigenvalue weighted by atomic mass is 32.2. The standard InChI is InChI=1S/C16H20N4O3S/c1-10-12-7-14(23-3)13(21)6-11(12)4-5-20(10)15(22)8-24-16-18-17-9-19(16)2/h6-7,9-10,21H,4-5,8H2,1-3H3/p+1. The molecule has 1 atom stereocenters. The Morgan fingerprint density at radius 3 is 3.04 bits per heavy atom. The maximum Gasteiger partial charge on any atom is 0.293 e. The van der Waals surface area contributed by atoms with Crippen molar-refractivity contribution < 1.29 is 19.2 Å². The van der Waals surface area contributed by atoms with Crippen molar-refractivity contribution in [3.05, 3.63) is 29.6 Å². The van der Waals surface area contributed by atoms with Crippen LogP contribution in [0.1, 0.15) is 24.1 Å². The van der Waals surface area contributed by atoms with E-state index >= 15 is 0 Å². The Morgan fingerprint density at radius 1 is 1.58 bits per heavy atom. The number of benzene rings is 1. The molecule has 0 spiro atoms. The van der Waals surface area contributed by atoms with Crippen LogP contribution in [0.2, 0.25) is 0 Å². The molecule has 0 radical (unpaired) electrons. The SMILES string of the molecule is COc1cc2c(cc1O)CCN(C(=O)CSc1[nH]nc[n+]1C)C2C. The third-order valence-electron chi connectivity index (χ3n) is 4.34. The largest absolute Gasteiger partial charge is 0.504 e. The van der Waals surface area contributed by atoms with E-state index in [2.05, 4.69) is 10.2 Å². The molecular weight excluding hydrogens is 328 g/mol. The second-order valence-corrected chi connectivity index (χ2v) is 6.76. The predicted octanol–water partition coefficient (Wildman–Crippen LogP) is 1.19. The summed E-state index contributed by atoms with van der Waals surface area (Å²) in [6.45, 7) is 2.65. The Labute approximate surface area is 144 Å². The molecule has 8 heteroatoms. The lowest BCUT2D eigenvalue weighted by Gasteiger charge is -2.35. The molecule has 2 aromatic rings. The number of ether oxygens (including phenoxy) is 1. The molecule has 2 heterocycles. The minimum absolute atomic E-state index is 0.0492. The summed E-state index contributed by atoms with van der Waals surface area (Å²) in [4.78, 5) is 14.5. The van der Waals surface area contributed by atoms with Crippen LogP contribution in [0.25, 0.3) is 0 Å². The van der Waals surface area contributed by atoms with E-state index in [1.165, 1.54) is 18.9 Å². The van der Waals surface area contributed by atoms with Gasteiger partial charge >= 0.3 is 0 Å². The Bertz CT molecular complexity index is 762. The molecule has 1 amide bonds. The number of methoxy groups -OCH3 is 1. The summed E-state index contributed by atoms with van der Waals surface area (Å²) >= 11 is 1.44. The molecule has 3 rings (SSSR count). The van der Waals surface area contributed by atoms with Gasteiger partial charge in [0, 0.05) is 11.6 Å². The lowest BCUT2D eigenvalue weighted by atomic mass is 9.93. The van der Waals surface area contributed by atoms with Gasteiger partial charge in [-0.15, -0.1) is 5.10 Å². The van der Waals surface area contributed by atoms with Crippen LogP contribution in [0.3, 0.4) is 0 Å². The fraction of sp³-hybridized carbons (Fsp3) is 0.438. The number of nitrogens with zero attached hydrogens (tertiary/aromatic N) is 3. The molecule has 1 aromatic heterocycles. The Hall–Kier alpha value is -2.22. The van der Waals surface area contributed by atoms with Crippen LogP contribution in [0.15, 0.2) is 23.6 Å². The van der Waals surface area contributed by atoms with Crippen LogP contribution in [0.4, 0.5) is 0 Å². The molecule has 1 unspecified atom stereocenters. The number of aryl methyl sites for hydroxylation is 1. The van der Waals surface area contributed by atoms with Crippen molar-refractivity contribution in [2.45, 2.75) is 24.5 Å². The molecule has 1 aliphatic heterocycles. The number of aromatic amines is 1. The first-order chi connectivity index (χ1) is 11.5. The quantitative estimate of drug-likeness (QED) is 0.640. The normalized spacial score (nSPS) is 16.8. The highest BCUT2D eigenvalue weighted by molar-refractivity contribution is 7.99. The van der Waals surface area contributed by atoms with Crippen LogP contribution in [-0.4, -0.2) is 45.5 Å². The number of phenols is 1. The van der Waals surface area contributed by atoms with Gasteiger partial charge in [-0.2, -0.15) is 0 Å². The minimum Gasteiger partial charge on any atom is -0.504 e. The van der Waals surface area contributed by atoms with E-state index in [1.807, 2.05) is 29.5 Å². The van der Waals surface area contributed by atoms with Gasteiger partial charge in [-0.25, -0.2) is 4.57 Å². The number of hydrogen-bond acceptors (Lipinski definition) is 5. The number of hydrogen-bond donors (Lipinski definition) is 2.